The van der Waals surface area contributed by atoms with Crippen LogP contribution in [0.2, 0.25) is 0 Å². The zero-order valence-corrected chi connectivity index (χ0v) is 11.2. The van der Waals surface area contributed by atoms with Gasteiger partial charge >= 0.3 is 0 Å². The lowest BCUT2D eigenvalue weighted by atomic mass is 9.82. The van der Waals surface area contributed by atoms with Crippen LogP contribution in [0.15, 0.2) is 0 Å². The fraction of sp³-hybridized carbons (Fsp3) is 0.929. The highest BCUT2D eigenvalue weighted by atomic mass is 16.2. The highest BCUT2D eigenvalue weighted by Crippen LogP contribution is 2.30. The van der Waals surface area contributed by atoms with Crippen LogP contribution in [0.3, 0.4) is 0 Å². The van der Waals surface area contributed by atoms with Gasteiger partial charge in [-0.25, -0.2) is 0 Å². The van der Waals surface area contributed by atoms with Crippen molar-refractivity contribution in [2.24, 2.45) is 5.41 Å². The lowest BCUT2D eigenvalue weighted by molar-refractivity contribution is -0.129. The molecule has 2 nitrogen and oxygen atoms in total. The van der Waals surface area contributed by atoms with Gasteiger partial charge in [0.1, 0.15) is 0 Å². The second-order valence-corrected chi connectivity index (χ2v) is 5.94. The summed E-state index contributed by atoms with van der Waals surface area (Å²) >= 11 is 0. The molecule has 1 fully saturated rings. The normalized spacial score (nSPS) is 23.6. The average molecular weight is 225 g/mol. The Morgan fingerprint density at radius 2 is 1.50 bits per heavy atom. The molecule has 0 saturated carbocycles. The molecule has 0 aliphatic carbocycles. The maximum atomic E-state index is 11.4. The molecule has 2 heteroatoms. The molecule has 0 bridgehead atoms. The molecule has 16 heavy (non-hydrogen) atoms. The van der Waals surface area contributed by atoms with Crippen molar-refractivity contribution < 1.29 is 4.79 Å². The van der Waals surface area contributed by atoms with Crippen molar-refractivity contribution in [3.8, 4) is 0 Å². The number of hydrogen-bond donors (Lipinski definition) is 0. The number of amides is 1. The number of rotatable bonds is 0. The van der Waals surface area contributed by atoms with Crippen molar-refractivity contribution >= 4 is 5.91 Å². The molecule has 0 unspecified atom stereocenters. The smallest absolute Gasteiger partial charge is 0.219 e. The average Bonchev–Trinajstić information content (AvgIpc) is 2.22. The summed E-state index contributed by atoms with van der Waals surface area (Å²) in [4.78, 5) is 13.5. The van der Waals surface area contributed by atoms with Crippen LogP contribution in [0.25, 0.3) is 0 Å². The summed E-state index contributed by atoms with van der Waals surface area (Å²) < 4.78 is 0. The third kappa shape index (κ3) is 5.00. The molecule has 1 aliphatic heterocycles. The first-order chi connectivity index (χ1) is 7.51. The van der Waals surface area contributed by atoms with Gasteiger partial charge in [-0.1, -0.05) is 33.1 Å². The van der Waals surface area contributed by atoms with E-state index in [4.69, 9.17) is 0 Å². The molecule has 0 aromatic heterocycles. The van der Waals surface area contributed by atoms with Crippen molar-refractivity contribution in [3.63, 3.8) is 0 Å². The first kappa shape index (κ1) is 13.5. The Balaban J connectivity index is 2.49. The summed E-state index contributed by atoms with van der Waals surface area (Å²) in [5.74, 6) is 0.247. The van der Waals surface area contributed by atoms with Crippen LogP contribution in [0.4, 0.5) is 0 Å². The second kappa shape index (κ2) is 6.27. The topological polar surface area (TPSA) is 20.3 Å². The van der Waals surface area contributed by atoms with Gasteiger partial charge in [-0.05, 0) is 31.1 Å². The van der Waals surface area contributed by atoms with Crippen molar-refractivity contribution in [2.45, 2.75) is 65.7 Å². The van der Waals surface area contributed by atoms with E-state index < -0.39 is 0 Å². The van der Waals surface area contributed by atoms with E-state index >= 15 is 0 Å². The quantitative estimate of drug-likeness (QED) is 0.617. The highest BCUT2D eigenvalue weighted by Gasteiger charge is 2.19. The lowest BCUT2D eigenvalue weighted by Crippen LogP contribution is -2.31. The zero-order chi connectivity index (χ0) is 12.0. The van der Waals surface area contributed by atoms with E-state index in [0.717, 1.165) is 19.5 Å². The second-order valence-electron chi connectivity index (χ2n) is 5.94. The molecule has 0 radical (unpaired) electrons. The van der Waals surface area contributed by atoms with E-state index in [0.29, 0.717) is 5.41 Å². The Morgan fingerprint density at radius 3 is 2.19 bits per heavy atom. The minimum Gasteiger partial charge on any atom is -0.343 e. The van der Waals surface area contributed by atoms with E-state index in [1.807, 2.05) is 4.90 Å². The Labute approximate surface area is 100 Å². The summed E-state index contributed by atoms with van der Waals surface area (Å²) in [5.41, 5.74) is 0.465. The lowest BCUT2D eigenvalue weighted by Gasteiger charge is -2.26. The van der Waals surface area contributed by atoms with E-state index in [9.17, 15) is 4.79 Å². The molecule has 1 aliphatic rings. The first-order valence-corrected chi connectivity index (χ1v) is 6.77. The van der Waals surface area contributed by atoms with Gasteiger partial charge in [0.25, 0.3) is 0 Å². The van der Waals surface area contributed by atoms with Crippen LogP contribution < -0.4 is 0 Å². The predicted octanol–water partition coefficient (Wildman–Crippen LogP) is 3.61. The molecular formula is C14H27NO. The molecule has 1 rings (SSSR count). The van der Waals surface area contributed by atoms with Gasteiger partial charge in [-0.2, -0.15) is 0 Å². The first-order valence-electron chi connectivity index (χ1n) is 6.77. The van der Waals surface area contributed by atoms with Crippen LogP contribution in [0.5, 0.6) is 0 Å². The van der Waals surface area contributed by atoms with Crippen LogP contribution in [0.1, 0.15) is 65.7 Å². The zero-order valence-electron chi connectivity index (χ0n) is 11.2. The molecule has 0 aromatic rings. The Bertz CT molecular complexity index is 223. The number of nitrogens with zero attached hydrogens (tertiary/aromatic N) is 1. The minimum absolute atomic E-state index is 0.247. The molecule has 1 amide bonds. The maximum Gasteiger partial charge on any atom is 0.219 e. The Hall–Kier alpha value is -0.530. The van der Waals surface area contributed by atoms with E-state index in [1.54, 1.807) is 6.92 Å². The monoisotopic (exact) mass is 225 g/mol. The number of hydrogen-bond acceptors (Lipinski definition) is 1. The van der Waals surface area contributed by atoms with Gasteiger partial charge in [0.2, 0.25) is 5.91 Å². The molecule has 94 valence electrons. The molecule has 0 atom stereocenters. The largest absolute Gasteiger partial charge is 0.343 e. The van der Waals surface area contributed by atoms with E-state index in [-0.39, 0.29) is 5.91 Å². The number of carbonyl (C=O) groups is 1. The van der Waals surface area contributed by atoms with Gasteiger partial charge in [0.05, 0.1) is 0 Å². The molecular weight excluding hydrogens is 198 g/mol. The molecule has 0 aromatic carbocycles. The summed E-state index contributed by atoms with van der Waals surface area (Å²) in [7, 11) is 0. The van der Waals surface area contributed by atoms with Crippen molar-refractivity contribution in [1.29, 1.82) is 0 Å². The standard InChI is InChI=1S/C14H27NO/c1-13(16)15-11-7-5-4-6-9-14(2,3)10-8-12-15/h4-12H2,1-3H3. The van der Waals surface area contributed by atoms with E-state index in [2.05, 4.69) is 13.8 Å². The van der Waals surface area contributed by atoms with Crippen molar-refractivity contribution in [3.05, 3.63) is 0 Å². The van der Waals surface area contributed by atoms with Gasteiger partial charge in [-0.3, -0.25) is 4.79 Å². The predicted molar refractivity (Wildman–Crippen MR) is 68.4 cm³/mol. The van der Waals surface area contributed by atoms with Crippen molar-refractivity contribution in [2.75, 3.05) is 13.1 Å². The fourth-order valence-corrected chi connectivity index (χ4v) is 2.56. The molecule has 0 spiro atoms. The van der Waals surface area contributed by atoms with Gasteiger partial charge in [0, 0.05) is 20.0 Å². The summed E-state index contributed by atoms with van der Waals surface area (Å²) in [5, 5.41) is 0. The maximum absolute atomic E-state index is 11.4. The minimum atomic E-state index is 0.247. The Kier molecular flexibility index (Phi) is 5.30. The molecule has 0 N–H and O–H groups in total. The molecule has 1 heterocycles. The third-order valence-corrected chi connectivity index (χ3v) is 3.76. The van der Waals surface area contributed by atoms with E-state index in [1.165, 1.54) is 38.5 Å². The summed E-state index contributed by atoms with van der Waals surface area (Å²) in [6.07, 6.45) is 8.89. The molecule has 1 saturated heterocycles. The summed E-state index contributed by atoms with van der Waals surface area (Å²) in [6.45, 7) is 8.35. The SMILES string of the molecule is CC(=O)N1CCCCCCC(C)(C)CCC1. The van der Waals surface area contributed by atoms with Gasteiger partial charge < -0.3 is 4.90 Å². The van der Waals surface area contributed by atoms with Gasteiger partial charge in [-0.15, -0.1) is 0 Å². The van der Waals surface area contributed by atoms with Gasteiger partial charge in [0.15, 0.2) is 0 Å². The van der Waals surface area contributed by atoms with Crippen LogP contribution in [-0.2, 0) is 4.79 Å². The van der Waals surface area contributed by atoms with Crippen LogP contribution in [0, 0.1) is 5.41 Å². The highest BCUT2D eigenvalue weighted by molar-refractivity contribution is 5.73. The van der Waals surface area contributed by atoms with Crippen LogP contribution >= 0.6 is 0 Å². The Morgan fingerprint density at radius 1 is 0.938 bits per heavy atom. The van der Waals surface area contributed by atoms with Crippen LogP contribution in [-0.4, -0.2) is 23.9 Å². The third-order valence-electron chi connectivity index (χ3n) is 3.76. The summed E-state index contributed by atoms with van der Waals surface area (Å²) in [6, 6.07) is 0. The number of carbonyl (C=O) groups excluding carboxylic acids is 1. The van der Waals surface area contributed by atoms with Crippen molar-refractivity contribution in [1.82, 2.24) is 4.90 Å². The fourth-order valence-electron chi connectivity index (χ4n) is 2.56.